The molecule has 0 aromatic heterocycles. The van der Waals surface area contributed by atoms with Gasteiger partial charge in [0.1, 0.15) is 24.6 Å². The van der Waals surface area contributed by atoms with E-state index in [0.717, 1.165) is 0 Å². The van der Waals surface area contributed by atoms with Crippen LogP contribution in [-0.4, -0.2) is 87.5 Å². The minimum absolute atomic E-state index is 0.174. The number of hydrogen-bond donors (Lipinski definition) is 1. The van der Waals surface area contributed by atoms with E-state index in [2.05, 4.69) is 6.58 Å². The van der Waals surface area contributed by atoms with Crippen molar-refractivity contribution >= 4 is 8.32 Å². The van der Waals surface area contributed by atoms with E-state index in [1.165, 1.54) is 65.1 Å². The van der Waals surface area contributed by atoms with Crippen molar-refractivity contribution < 1.29 is 93.6 Å². The fraction of sp³-hybridized carbons (Fsp3) is 0.724. The molecule has 2 atom stereocenters. The number of ether oxygens (including phenoxy) is 2. The molecule has 1 aromatic rings. The Morgan fingerprint density at radius 3 is 1.45 bits per heavy atom. The van der Waals surface area contributed by atoms with E-state index in [-0.39, 0.29) is 12.4 Å². The SMILES string of the molecule is C=C[C@@H](OC)[C@H](O)c1ccc(OCCO[Si](CCC(F)(F)C(F)(F)C(F)(F)C(F)(F)C(F)(F)C(F)(F)C(F)(F)C(F)(F)F)(C(C)C)C(C)C)cc1. The van der Waals surface area contributed by atoms with Gasteiger partial charge < -0.3 is 19.0 Å². The zero-order chi connectivity index (χ0) is 40.4. The third-order valence-electron chi connectivity index (χ3n) is 8.33. The summed E-state index contributed by atoms with van der Waals surface area (Å²) in [6, 6.07) is 4.39. The number of aliphatic hydroxyl groups is 1. The van der Waals surface area contributed by atoms with Gasteiger partial charge in [0, 0.05) is 13.5 Å². The average molecular weight is 799 g/mol. The maximum absolute atomic E-state index is 14.8. The van der Waals surface area contributed by atoms with Crippen molar-refractivity contribution in [3.05, 3.63) is 42.5 Å². The number of aliphatic hydroxyl groups excluding tert-OH is 1. The van der Waals surface area contributed by atoms with Crippen LogP contribution in [0.25, 0.3) is 0 Å². The largest absolute Gasteiger partial charge is 0.491 e. The molecule has 0 saturated heterocycles. The van der Waals surface area contributed by atoms with E-state index in [1.807, 2.05) is 0 Å². The highest BCUT2D eigenvalue weighted by atomic mass is 28.4. The topological polar surface area (TPSA) is 47.9 Å². The molecule has 51 heavy (non-hydrogen) atoms. The van der Waals surface area contributed by atoms with Crippen LogP contribution in [0.3, 0.4) is 0 Å². The Bertz CT molecular complexity index is 1280. The van der Waals surface area contributed by atoms with E-state index in [9.17, 15) is 79.7 Å². The van der Waals surface area contributed by atoms with E-state index in [0.29, 0.717) is 5.56 Å². The highest BCUT2D eigenvalue weighted by molar-refractivity contribution is 6.76. The van der Waals surface area contributed by atoms with Gasteiger partial charge in [0.05, 0.1) is 6.61 Å². The van der Waals surface area contributed by atoms with Crippen molar-refractivity contribution in [1.29, 1.82) is 0 Å². The molecule has 0 heterocycles. The molecule has 0 radical (unpaired) electrons. The van der Waals surface area contributed by atoms with Crippen molar-refractivity contribution in [2.24, 2.45) is 0 Å². The summed E-state index contributed by atoms with van der Waals surface area (Å²) in [6.07, 6.45) is -10.9. The quantitative estimate of drug-likeness (QED) is 0.0618. The van der Waals surface area contributed by atoms with Crippen LogP contribution >= 0.6 is 0 Å². The summed E-state index contributed by atoms with van der Waals surface area (Å²) in [6.45, 7) is 8.00. The lowest BCUT2D eigenvalue weighted by molar-refractivity contribution is -0.461. The summed E-state index contributed by atoms with van der Waals surface area (Å²) in [7, 11) is -2.59. The Balaban J connectivity index is 3.29. The fourth-order valence-electron chi connectivity index (χ4n) is 5.05. The number of halogens is 17. The lowest BCUT2D eigenvalue weighted by Crippen LogP contribution is -2.74. The van der Waals surface area contributed by atoms with Gasteiger partial charge in [0.15, 0.2) is 8.32 Å². The third-order valence-corrected chi connectivity index (χ3v) is 14.0. The van der Waals surface area contributed by atoms with Crippen molar-refractivity contribution in [1.82, 2.24) is 0 Å². The normalized spacial score (nSPS) is 16.1. The van der Waals surface area contributed by atoms with Crippen molar-refractivity contribution in [2.75, 3.05) is 20.3 Å². The molecule has 0 aliphatic carbocycles. The number of hydrogen-bond acceptors (Lipinski definition) is 4. The molecule has 0 aliphatic heterocycles. The Morgan fingerprint density at radius 2 is 1.08 bits per heavy atom. The molecular weight excluding hydrogens is 763 g/mol. The smallest absolute Gasteiger partial charge is 0.460 e. The zero-order valence-corrected chi connectivity index (χ0v) is 28.3. The predicted molar refractivity (Wildman–Crippen MR) is 150 cm³/mol. The molecule has 0 spiro atoms. The molecule has 1 aromatic carbocycles. The molecule has 0 aliphatic rings. The van der Waals surface area contributed by atoms with Crippen LogP contribution in [0.1, 0.15) is 45.8 Å². The minimum Gasteiger partial charge on any atom is -0.491 e. The fourth-order valence-corrected chi connectivity index (χ4v) is 9.52. The zero-order valence-electron chi connectivity index (χ0n) is 27.3. The van der Waals surface area contributed by atoms with Gasteiger partial charge in [-0.25, -0.2) is 0 Å². The highest BCUT2D eigenvalue weighted by Gasteiger charge is 2.95. The first-order valence-electron chi connectivity index (χ1n) is 14.6. The maximum Gasteiger partial charge on any atom is 0.460 e. The molecule has 1 N–H and O–H groups in total. The van der Waals surface area contributed by atoms with Gasteiger partial charge in [-0.15, -0.1) is 6.58 Å². The van der Waals surface area contributed by atoms with Crippen LogP contribution in [0.5, 0.6) is 5.75 Å². The summed E-state index contributed by atoms with van der Waals surface area (Å²) < 4.78 is 249. The second kappa shape index (κ2) is 15.6. The number of alkyl halides is 17. The lowest BCUT2D eigenvalue weighted by Gasteiger charge is -2.44. The first kappa shape index (κ1) is 46.7. The third kappa shape index (κ3) is 8.27. The first-order valence-corrected chi connectivity index (χ1v) is 16.9. The van der Waals surface area contributed by atoms with Gasteiger partial charge in [0.2, 0.25) is 0 Å². The molecular formula is C29H35F17O4Si. The molecule has 0 amide bonds. The Labute approximate surface area is 282 Å². The molecule has 0 bridgehead atoms. The predicted octanol–water partition coefficient (Wildman–Crippen LogP) is 10.5. The lowest BCUT2D eigenvalue weighted by atomic mass is 9.88. The molecule has 22 heteroatoms. The number of benzene rings is 1. The van der Waals surface area contributed by atoms with Crippen molar-refractivity contribution in [3.8, 4) is 5.75 Å². The van der Waals surface area contributed by atoms with Gasteiger partial charge in [-0.05, 0) is 34.8 Å². The summed E-state index contributed by atoms with van der Waals surface area (Å²) >= 11 is 0. The molecule has 0 fully saturated rings. The second-order valence-corrected chi connectivity index (χ2v) is 17.1. The van der Waals surface area contributed by atoms with E-state index in [1.54, 1.807) is 0 Å². The van der Waals surface area contributed by atoms with Crippen LogP contribution in [-0.2, 0) is 9.16 Å². The van der Waals surface area contributed by atoms with Crippen LogP contribution < -0.4 is 4.74 Å². The average Bonchev–Trinajstić information content (AvgIpc) is 3.00. The molecule has 0 unspecified atom stereocenters. The second-order valence-electron chi connectivity index (χ2n) is 12.1. The van der Waals surface area contributed by atoms with Gasteiger partial charge in [0.25, 0.3) is 0 Å². The van der Waals surface area contributed by atoms with Crippen molar-refractivity contribution in [3.63, 3.8) is 0 Å². The number of methoxy groups -OCH3 is 1. The molecule has 4 nitrogen and oxygen atoms in total. The summed E-state index contributed by atoms with van der Waals surface area (Å²) in [5, 5.41) is 10.3. The Hall–Kier alpha value is -2.33. The molecule has 1 rings (SSSR count). The Morgan fingerprint density at radius 1 is 0.667 bits per heavy atom. The van der Waals surface area contributed by atoms with Gasteiger partial charge in [-0.1, -0.05) is 45.9 Å². The summed E-state index contributed by atoms with van der Waals surface area (Å²) in [5.41, 5.74) is -1.29. The maximum atomic E-state index is 14.8. The highest BCUT2D eigenvalue weighted by Crippen LogP contribution is 2.64. The van der Waals surface area contributed by atoms with Crippen LogP contribution in [0.4, 0.5) is 74.6 Å². The van der Waals surface area contributed by atoms with Crippen LogP contribution in [0, 0.1) is 0 Å². The molecule has 298 valence electrons. The molecule has 0 saturated carbocycles. The van der Waals surface area contributed by atoms with E-state index in [4.69, 9.17) is 13.9 Å². The summed E-state index contributed by atoms with van der Waals surface area (Å²) in [5.74, 6) is -56.4. The van der Waals surface area contributed by atoms with Gasteiger partial charge in [-0.3, -0.25) is 0 Å². The first-order chi connectivity index (χ1) is 22.7. The van der Waals surface area contributed by atoms with Crippen LogP contribution in [0.15, 0.2) is 36.9 Å². The van der Waals surface area contributed by atoms with Crippen molar-refractivity contribution in [2.45, 2.75) is 111 Å². The Kier molecular flexibility index (Phi) is 14.2. The standard InChI is InChI=1S/C29H35F17O4Si/c1-7-20(48-6)21(47)18-8-10-19(11-9-18)49-13-14-50-51(16(2)3,17(4)5)15-12-22(30,31)23(32,33)24(34,35)25(36,37)26(38,39)27(40,41)28(42,43)29(44,45)46/h7-11,16-17,20-21,47H,1,12-15H2,2-6H3/t20-,21-/m1/s1. The summed E-state index contributed by atoms with van der Waals surface area (Å²) in [4.78, 5) is 0. The minimum atomic E-state index is -8.67. The van der Waals surface area contributed by atoms with E-state index < -0.39 is 98.3 Å². The van der Waals surface area contributed by atoms with Gasteiger partial charge >= 0.3 is 47.6 Å². The monoisotopic (exact) mass is 798 g/mol. The van der Waals surface area contributed by atoms with Gasteiger partial charge in [-0.2, -0.15) is 74.6 Å². The van der Waals surface area contributed by atoms with E-state index >= 15 is 0 Å². The van der Waals surface area contributed by atoms with Crippen LogP contribution in [0.2, 0.25) is 17.1 Å². The number of rotatable bonds is 20.